The van der Waals surface area contributed by atoms with E-state index in [-0.39, 0.29) is 22.7 Å². The van der Waals surface area contributed by atoms with Gasteiger partial charge < -0.3 is 4.74 Å². The second kappa shape index (κ2) is 7.13. The van der Waals surface area contributed by atoms with Gasteiger partial charge in [-0.2, -0.15) is 0 Å². The number of ether oxygens (including phenoxy) is 1. The molecule has 0 fully saturated rings. The normalized spacial score (nSPS) is 11.1. The number of nitrogens with zero attached hydrogens (tertiary/aromatic N) is 2. The Bertz CT molecular complexity index is 1160. The number of thiophene rings is 1. The van der Waals surface area contributed by atoms with Crippen molar-refractivity contribution < 1.29 is 9.13 Å². The second-order valence-corrected chi connectivity index (χ2v) is 7.39. The van der Waals surface area contributed by atoms with Gasteiger partial charge in [-0.3, -0.25) is 9.36 Å². The van der Waals surface area contributed by atoms with Gasteiger partial charge in [0.05, 0.1) is 25.5 Å². The maximum Gasteiger partial charge on any atom is 0.271 e. The Morgan fingerprint density at radius 3 is 2.70 bits per heavy atom. The summed E-state index contributed by atoms with van der Waals surface area (Å²) in [4.78, 5) is 18.1. The van der Waals surface area contributed by atoms with E-state index >= 15 is 0 Å². The average Bonchev–Trinajstić information content (AvgIpc) is 3.12. The molecule has 0 atom stereocenters. The number of halogens is 2. The van der Waals surface area contributed by atoms with Crippen LogP contribution >= 0.6 is 22.9 Å². The van der Waals surface area contributed by atoms with Crippen LogP contribution in [0.3, 0.4) is 0 Å². The van der Waals surface area contributed by atoms with Crippen molar-refractivity contribution in [3.05, 3.63) is 81.6 Å². The fourth-order valence-corrected chi connectivity index (χ4v) is 4.10. The molecule has 7 heteroatoms. The lowest BCUT2D eigenvalue weighted by Crippen LogP contribution is -2.20. The van der Waals surface area contributed by atoms with E-state index in [1.807, 2.05) is 30.3 Å². The molecule has 0 bridgehead atoms. The molecule has 2 aromatic heterocycles. The number of fused-ring (bicyclic) bond motifs is 1. The topological polar surface area (TPSA) is 44.1 Å². The minimum absolute atomic E-state index is 0.0308. The molecule has 0 aliphatic rings. The van der Waals surface area contributed by atoms with Crippen molar-refractivity contribution in [2.24, 2.45) is 0 Å². The van der Waals surface area contributed by atoms with Crippen LogP contribution in [-0.2, 0) is 6.54 Å². The fourth-order valence-electron chi connectivity index (χ4n) is 2.81. The maximum atomic E-state index is 14.0. The van der Waals surface area contributed by atoms with Gasteiger partial charge in [-0.1, -0.05) is 17.7 Å². The summed E-state index contributed by atoms with van der Waals surface area (Å²) in [5.41, 5.74) is 1.65. The molecular weight excluding hydrogens is 387 g/mol. The van der Waals surface area contributed by atoms with E-state index in [0.29, 0.717) is 10.2 Å². The van der Waals surface area contributed by atoms with Gasteiger partial charge in [-0.05, 0) is 48.0 Å². The van der Waals surface area contributed by atoms with E-state index in [9.17, 15) is 9.18 Å². The second-order valence-electron chi connectivity index (χ2n) is 5.93. The first-order chi connectivity index (χ1) is 13.1. The highest BCUT2D eigenvalue weighted by molar-refractivity contribution is 7.22. The van der Waals surface area contributed by atoms with E-state index in [1.165, 1.54) is 34.4 Å². The molecule has 0 radical (unpaired) electrons. The van der Waals surface area contributed by atoms with Gasteiger partial charge in [0.25, 0.3) is 5.56 Å². The van der Waals surface area contributed by atoms with Crippen LogP contribution in [0.15, 0.2) is 59.7 Å². The van der Waals surface area contributed by atoms with Crippen molar-refractivity contribution in [2.45, 2.75) is 6.54 Å². The predicted molar refractivity (Wildman–Crippen MR) is 106 cm³/mol. The van der Waals surface area contributed by atoms with Crippen LogP contribution in [0.2, 0.25) is 5.02 Å². The van der Waals surface area contributed by atoms with Crippen molar-refractivity contribution in [2.75, 3.05) is 7.11 Å². The Kier molecular flexibility index (Phi) is 4.68. The summed E-state index contributed by atoms with van der Waals surface area (Å²) in [5.74, 6) is 0.321. The first-order valence-corrected chi connectivity index (χ1v) is 9.32. The number of methoxy groups -OCH3 is 1. The molecule has 0 unspecified atom stereocenters. The fraction of sp³-hybridized carbons (Fsp3) is 0.100. The predicted octanol–water partition coefficient (Wildman–Crippen LogP) is 4.97. The van der Waals surface area contributed by atoms with Crippen molar-refractivity contribution in [1.82, 2.24) is 9.55 Å². The van der Waals surface area contributed by atoms with Gasteiger partial charge in [-0.25, -0.2) is 9.37 Å². The van der Waals surface area contributed by atoms with Crippen molar-refractivity contribution in [3.63, 3.8) is 0 Å². The summed E-state index contributed by atoms with van der Waals surface area (Å²) in [6.07, 6.45) is 1.43. The Morgan fingerprint density at radius 1 is 1.22 bits per heavy atom. The highest BCUT2D eigenvalue weighted by atomic mass is 35.5. The van der Waals surface area contributed by atoms with Gasteiger partial charge in [-0.15, -0.1) is 11.3 Å². The molecule has 0 spiro atoms. The molecular formula is C20H14ClFN2O2S. The summed E-state index contributed by atoms with van der Waals surface area (Å²) in [6, 6.07) is 13.9. The van der Waals surface area contributed by atoms with Crippen LogP contribution in [0.5, 0.6) is 5.75 Å². The molecule has 0 N–H and O–H groups in total. The molecule has 2 heterocycles. The number of aromatic nitrogens is 2. The van der Waals surface area contributed by atoms with Crippen LogP contribution in [-0.4, -0.2) is 16.7 Å². The molecule has 27 heavy (non-hydrogen) atoms. The van der Waals surface area contributed by atoms with E-state index < -0.39 is 5.82 Å². The molecule has 4 nitrogen and oxygen atoms in total. The van der Waals surface area contributed by atoms with Crippen LogP contribution < -0.4 is 10.3 Å². The zero-order chi connectivity index (χ0) is 19.0. The summed E-state index contributed by atoms with van der Waals surface area (Å²) in [6.45, 7) is 0.0308. The molecule has 0 saturated carbocycles. The molecule has 4 aromatic rings. The molecule has 4 rings (SSSR count). The first kappa shape index (κ1) is 17.7. The highest BCUT2D eigenvalue weighted by Crippen LogP contribution is 2.32. The SMILES string of the molecule is COc1ccc(-c2cc3ncn(Cc4c(F)cccc4Cl)c(=O)c3s2)cc1. The van der Waals surface area contributed by atoms with Crippen molar-refractivity contribution in [1.29, 1.82) is 0 Å². The Hall–Kier alpha value is -2.70. The molecule has 2 aromatic carbocycles. The van der Waals surface area contributed by atoms with Crippen LogP contribution in [0, 0.1) is 5.82 Å². The molecule has 0 saturated heterocycles. The number of hydrogen-bond acceptors (Lipinski definition) is 4. The van der Waals surface area contributed by atoms with Crippen LogP contribution in [0.4, 0.5) is 4.39 Å². The Labute approximate surface area is 163 Å². The average molecular weight is 401 g/mol. The van der Waals surface area contributed by atoms with Gasteiger partial charge in [0.1, 0.15) is 16.3 Å². The summed E-state index contributed by atoms with van der Waals surface area (Å²) in [5, 5.41) is 0.284. The third kappa shape index (κ3) is 3.34. The molecule has 0 aliphatic heterocycles. The van der Waals surface area contributed by atoms with E-state index in [2.05, 4.69) is 4.98 Å². The van der Waals surface area contributed by atoms with Crippen molar-refractivity contribution >= 4 is 33.2 Å². The summed E-state index contributed by atoms with van der Waals surface area (Å²) >= 11 is 7.44. The molecule has 136 valence electrons. The van der Waals surface area contributed by atoms with E-state index in [0.717, 1.165) is 16.2 Å². The summed E-state index contributed by atoms with van der Waals surface area (Å²) in [7, 11) is 1.61. The first-order valence-electron chi connectivity index (χ1n) is 8.13. The smallest absolute Gasteiger partial charge is 0.271 e. The lowest BCUT2D eigenvalue weighted by Gasteiger charge is -2.08. The summed E-state index contributed by atoms with van der Waals surface area (Å²) < 4.78 is 21.1. The highest BCUT2D eigenvalue weighted by Gasteiger charge is 2.13. The van der Waals surface area contributed by atoms with Crippen LogP contribution in [0.25, 0.3) is 20.7 Å². The van der Waals surface area contributed by atoms with Gasteiger partial charge >= 0.3 is 0 Å². The Balaban J connectivity index is 1.75. The monoisotopic (exact) mass is 400 g/mol. The van der Waals surface area contributed by atoms with Gasteiger partial charge in [0.15, 0.2) is 0 Å². The lowest BCUT2D eigenvalue weighted by atomic mass is 10.2. The zero-order valence-electron chi connectivity index (χ0n) is 14.3. The third-order valence-electron chi connectivity index (χ3n) is 4.27. The maximum absolute atomic E-state index is 14.0. The van der Waals surface area contributed by atoms with Crippen LogP contribution in [0.1, 0.15) is 5.56 Å². The number of hydrogen-bond donors (Lipinski definition) is 0. The van der Waals surface area contributed by atoms with E-state index in [1.54, 1.807) is 13.2 Å². The molecule has 0 amide bonds. The zero-order valence-corrected chi connectivity index (χ0v) is 15.9. The minimum atomic E-state index is -0.445. The third-order valence-corrected chi connectivity index (χ3v) is 5.78. The van der Waals surface area contributed by atoms with Gasteiger partial charge in [0.2, 0.25) is 0 Å². The van der Waals surface area contributed by atoms with Crippen molar-refractivity contribution in [3.8, 4) is 16.2 Å². The van der Waals surface area contributed by atoms with Gasteiger partial charge in [0, 0.05) is 15.5 Å². The lowest BCUT2D eigenvalue weighted by molar-refractivity contribution is 0.415. The number of benzene rings is 2. The Morgan fingerprint density at radius 2 is 2.00 bits per heavy atom. The number of rotatable bonds is 4. The van der Waals surface area contributed by atoms with E-state index in [4.69, 9.17) is 16.3 Å². The molecule has 0 aliphatic carbocycles. The minimum Gasteiger partial charge on any atom is -0.497 e. The quantitative estimate of drug-likeness (QED) is 0.485. The standard InChI is InChI=1S/C20H14ClFN2O2S/c1-26-13-7-5-12(6-8-13)18-9-17-19(27-18)20(25)24(11-23-17)10-14-15(21)3-2-4-16(14)22/h2-9,11H,10H2,1H3. The largest absolute Gasteiger partial charge is 0.497 e.